The van der Waals surface area contributed by atoms with Crippen LogP contribution in [0.3, 0.4) is 0 Å². The van der Waals surface area contributed by atoms with E-state index in [4.69, 9.17) is 38.3 Å². The summed E-state index contributed by atoms with van der Waals surface area (Å²) >= 11 is 6.23. The third-order valence-corrected chi connectivity index (χ3v) is 5.46. The van der Waals surface area contributed by atoms with Gasteiger partial charge in [-0.1, -0.05) is 23.7 Å². The van der Waals surface area contributed by atoms with Crippen LogP contribution in [0.25, 0.3) is 0 Å². The zero-order valence-electron chi connectivity index (χ0n) is 19.5. The minimum atomic E-state index is -0.622. The molecule has 1 saturated heterocycles. The van der Waals surface area contributed by atoms with Gasteiger partial charge >= 0.3 is 5.97 Å². The number of benzene rings is 2. The molecule has 2 aromatic carbocycles. The summed E-state index contributed by atoms with van der Waals surface area (Å²) in [7, 11) is 0. The quantitative estimate of drug-likeness (QED) is 0.330. The first-order valence-corrected chi connectivity index (χ1v) is 11.3. The van der Waals surface area contributed by atoms with Gasteiger partial charge in [0.25, 0.3) is 5.91 Å². The SMILES string of the molecule is CC(C)(C)OC(=O)C1CCN(c2cc(Oc3ccccc3Cl)cc(C(=O)N=C(N)N)c2)C(N)C1. The molecule has 1 aliphatic rings. The van der Waals surface area contributed by atoms with Gasteiger partial charge in [0.2, 0.25) is 0 Å². The van der Waals surface area contributed by atoms with Gasteiger partial charge in [-0.2, -0.15) is 4.99 Å². The van der Waals surface area contributed by atoms with E-state index >= 15 is 0 Å². The fourth-order valence-corrected chi connectivity index (χ4v) is 3.86. The van der Waals surface area contributed by atoms with Crippen molar-refractivity contribution in [1.82, 2.24) is 0 Å². The summed E-state index contributed by atoms with van der Waals surface area (Å²) in [5.74, 6) is -0.754. The van der Waals surface area contributed by atoms with Crippen LogP contribution in [0.15, 0.2) is 47.5 Å². The van der Waals surface area contributed by atoms with Crippen LogP contribution in [0.4, 0.5) is 5.69 Å². The number of ether oxygens (including phenoxy) is 2. The van der Waals surface area contributed by atoms with E-state index in [0.717, 1.165) is 0 Å². The second-order valence-electron chi connectivity index (χ2n) is 9.11. The van der Waals surface area contributed by atoms with E-state index < -0.39 is 17.7 Å². The van der Waals surface area contributed by atoms with E-state index in [1.165, 1.54) is 6.07 Å². The van der Waals surface area contributed by atoms with E-state index in [2.05, 4.69) is 4.99 Å². The van der Waals surface area contributed by atoms with Crippen molar-refractivity contribution in [2.24, 2.45) is 28.1 Å². The highest BCUT2D eigenvalue weighted by atomic mass is 35.5. The molecule has 34 heavy (non-hydrogen) atoms. The highest BCUT2D eigenvalue weighted by Crippen LogP contribution is 2.35. The number of amides is 1. The number of piperidine rings is 1. The minimum absolute atomic E-state index is 0.217. The molecule has 3 rings (SSSR count). The highest BCUT2D eigenvalue weighted by Gasteiger charge is 2.33. The Bertz CT molecular complexity index is 1100. The van der Waals surface area contributed by atoms with Gasteiger partial charge in [-0.05, 0) is 57.9 Å². The largest absolute Gasteiger partial charge is 0.460 e. The molecule has 2 unspecified atom stereocenters. The lowest BCUT2D eigenvalue weighted by Crippen LogP contribution is -2.50. The second-order valence-corrected chi connectivity index (χ2v) is 9.51. The molecule has 2 aromatic rings. The Kier molecular flexibility index (Phi) is 7.68. The first-order valence-electron chi connectivity index (χ1n) is 10.9. The fourth-order valence-electron chi connectivity index (χ4n) is 3.68. The average molecular weight is 488 g/mol. The standard InChI is InChI=1S/C24H30ClN5O4/c1-24(2,3)34-22(32)14-8-9-30(20(26)12-14)16-10-15(21(31)29-23(27)28)11-17(13-16)33-19-7-5-4-6-18(19)25/h4-7,10-11,13-14,20H,8-9,12,26H2,1-3H3,(H4,27,28,29,31). The molecule has 1 fully saturated rings. The van der Waals surface area contributed by atoms with E-state index in [1.807, 2.05) is 25.7 Å². The number of carbonyl (C=O) groups is 2. The summed E-state index contributed by atoms with van der Waals surface area (Å²) in [6.07, 6.45) is 0.477. The summed E-state index contributed by atoms with van der Waals surface area (Å²) in [5.41, 5.74) is 17.5. The van der Waals surface area contributed by atoms with E-state index in [0.29, 0.717) is 41.6 Å². The maximum absolute atomic E-state index is 12.6. The molecule has 1 aliphatic heterocycles. The number of hydrogen-bond acceptors (Lipinski definition) is 6. The number of halogens is 1. The van der Waals surface area contributed by atoms with Crippen LogP contribution in [-0.4, -0.2) is 36.1 Å². The van der Waals surface area contributed by atoms with Crippen molar-refractivity contribution in [3.05, 3.63) is 53.1 Å². The summed E-state index contributed by atoms with van der Waals surface area (Å²) in [4.78, 5) is 30.6. The highest BCUT2D eigenvalue weighted by molar-refractivity contribution is 6.32. The number of nitrogens with two attached hydrogens (primary N) is 3. The Labute approximate surface area is 203 Å². The van der Waals surface area contributed by atoms with Crippen molar-refractivity contribution >= 4 is 35.1 Å². The van der Waals surface area contributed by atoms with Crippen molar-refractivity contribution in [2.75, 3.05) is 11.4 Å². The summed E-state index contributed by atoms with van der Waals surface area (Å²) in [5, 5.41) is 0.417. The van der Waals surface area contributed by atoms with Crippen molar-refractivity contribution in [2.45, 2.75) is 45.4 Å². The Hall–Kier alpha value is -3.30. The molecule has 1 amide bonds. The predicted molar refractivity (Wildman–Crippen MR) is 132 cm³/mol. The molecular weight excluding hydrogens is 458 g/mol. The van der Waals surface area contributed by atoms with E-state index in [1.54, 1.807) is 36.4 Å². The van der Waals surface area contributed by atoms with Crippen molar-refractivity contribution in [1.29, 1.82) is 0 Å². The first-order chi connectivity index (χ1) is 15.9. The van der Waals surface area contributed by atoms with Crippen molar-refractivity contribution < 1.29 is 19.1 Å². The normalized spacial score (nSPS) is 18.2. The third-order valence-electron chi connectivity index (χ3n) is 5.15. The van der Waals surface area contributed by atoms with Crippen LogP contribution in [0.5, 0.6) is 11.5 Å². The molecule has 0 aliphatic carbocycles. The van der Waals surface area contributed by atoms with Crippen molar-refractivity contribution in [3.63, 3.8) is 0 Å². The number of anilines is 1. The maximum atomic E-state index is 12.6. The smallest absolute Gasteiger partial charge is 0.309 e. The molecule has 182 valence electrons. The topological polar surface area (TPSA) is 146 Å². The molecule has 10 heteroatoms. The lowest BCUT2D eigenvalue weighted by Gasteiger charge is -2.39. The number of hydrogen-bond donors (Lipinski definition) is 3. The molecule has 0 aromatic heterocycles. The molecule has 0 radical (unpaired) electrons. The van der Waals surface area contributed by atoms with Gasteiger partial charge < -0.3 is 31.6 Å². The number of para-hydroxylation sites is 1. The molecule has 0 spiro atoms. The van der Waals surface area contributed by atoms with E-state index in [-0.39, 0.29) is 23.4 Å². The molecule has 1 heterocycles. The fraction of sp³-hybridized carbons (Fsp3) is 0.375. The number of aliphatic imine (C=N–C) groups is 1. The van der Waals surface area contributed by atoms with Crippen molar-refractivity contribution in [3.8, 4) is 11.5 Å². The Balaban J connectivity index is 1.89. The predicted octanol–water partition coefficient (Wildman–Crippen LogP) is 3.39. The summed E-state index contributed by atoms with van der Waals surface area (Å²) in [6, 6.07) is 11.9. The van der Waals surface area contributed by atoms with Gasteiger partial charge in [-0.3, -0.25) is 9.59 Å². The van der Waals surface area contributed by atoms with Gasteiger partial charge in [-0.15, -0.1) is 0 Å². The Morgan fingerprint density at radius 1 is 1.15 bits per heavy atom. The van der Waals surface area contributed by atoms with Crippen LogP contribution in [0.1, 0.15) is 44.0 Å². The lowest BCUT2D eigenvalue weighted by atomic mass is 9.93. The Morgan fingerprint density at radius 2 is 1.85 bits per heavy atom. The van der Waals surface area contributed by atoms with Gasteiger partial charge in [0.05, 0.1) is 17.1 Å². The average Bonchev–Trinajstić information content (AvgIpc) is 2.73. The summed E-state index contributed by atoms with van der Waals surface area (Å²) < 4.78 is 11.5. The Morgan fingerprint density at radius 3 is 2.47 bits per heavy atom. The number of guanidine groups is 1. The number of carbonyl (C=O) groups excluding carboxylic acids is 2. The van der Waals surface area contributed by atoms with Crippen LogP contribution < -0.4 is 26.8 Å². The maximum Gasteiger partial charge on any atom is 0.309 e. The number of esters is 1. The first kappa shape index (κ1) is 25.3. The number of rotatable bonds is 5. The van der Waals surface area contributed by atoms with Crippen LogP contribution in [0.2, 0.25) is 5.02 Å². The lowest BCUT2D eigenvalue weighted by molar-refractivity contribution is -0.161. The van der Waals surface area contributed by atoms with Crippen LogP contribution >= 0.6 is 11.6 Å². The third kappa shape index (κ3) is 6.61. The molecule has 0 saturated carbocycles. The zero-order valence-corrected chi connectivity index (χ0v) is 20.2. The van der Waals surface area contributed by atoms with Crippen LogP contribution in [-0.2, 0) is 9.53 Å². The van der Waals surface area contributed by atoms with Gasteiger partial charge in [0.1, 0.15) is 17.1 Å². The second kappa shape index (κ2) is 10.3. The zero-order chi connectivity index (χ0) is 25.0. The van der Waals surface area contributed by atoms with E-state index in [9.17, 15) is 9.59 Å². The van der Waals surface area contributed by atoms with Gasteiger partial charge in [-0.25, -0.2) is 0 Å². The number of nitrogens with zero attached hydrogens (tertiary/aromatic N) is 2. The minimum Gasteiger partial charge on any atom is -0.460 e. The molecular formula is C24H30ClN5O4. The van der Waals surface area contributed by atoms with Crippen LogP contribution in [0, 0.1) is 5.92 Å². The monoisotopic (exact) mass is 487 g/mol. The molecule has 0 bridgehead atoms. The molecule has 2 atom stereocenters. The van der Waals surface area contributed by atoms with Gasteiger partial charge in [0.15, 0.2) is 5.96 Å². The molecule has 6 N–H and O–H groups in total. The summed E-state index contributed by atoms with van der Waals surface area (Å²) in [6.45, 7) is 5.98. The van der Waals surface area contributed by atoms with Gasteiger partial charge in [0, 0.05) is 23.9 Å². The molecule has 9 nitrogen and oxygen atoms in total.